The highest BCUT2D eigenvalue weighted by molar-refractivity contribution is 6.09. The lowest BCUT2D eigenvalue weighted by atomic mass is 9.82. The molecule has 1 atom stereocenters. The van der Waals surface area contributed by atoms with E-state index in [0.717, 1.165) is 67.0 Å². The topological polar surface area (TPSA) is 61.9 Å². The van der Waals surface area contributed by atoms with E-state index in [4.69, 9.17) is 4.74 Å². The number of unbranched alkanes of at least 4 members (excludes halogenated alkanes) is 2. The number of amides is 1. The number of H-pyrrole nitrogens is 1. The second kappa shape index (κ2) is 6.92. The van der Waals surface area contributed by atoms with Crippen LogP contribution in [0.4, 0.5) is 5.69 Å². The first-order valence-electron chi connectivity index (χ1n) is 10.7. The summed E-state index contributed by atoms with van der Waals surface area (Å²) in [5.74, 6) is 1.04. The van der Waals surface area contributed by atoms with Crippen molar-refractivity contribution in [2.75, 3.05) is 25.1 Å². The third-order valence-corrected chi connectivity index (χ3v) is 6.54. The standard InChI is InChI=1S/C24H27N3O2/c1-3-4-7-14-27-21-9-6-5-8-19(21)24(23(27)28)22-17(12-13-25-24)18-15-16(29-2)10-11-20(18)26-22/h5-6,8-11,15,25-26H,3-4,7,12-14H2,1-2H3/p+1/t24-/m0/s1. The Morgan fingerprint density at radius 3 is 2.90 bits per heavy atom. The number of hydrogen-bond acceptors (Lipinski definition) is 2. The van der Waals surface area contributed by atoms with E-state index in [0.29, 0.717) is 0 Å². The van der Waals surface area contributed by atoms with Crippen LogP contribution in [0.1, 0.15) is 43.0 Å². The molecule has 0 saturated heterocycles. The Morgan fingerprint density at radius 1 is 1.21 bits per heavy atom. The van der Waals surface area contributed by atoms with Gasteiger partial charge >= 0.3 is 0 Å². The normalized spacial score (nSPS) is 20.3. The summed E-state index contributed by atoms with van der Waals surface area (Å²) >= 11 is 0. The Hall–Kier alpha value is -2.79. The molecule has 0 fully saturated rings. The van der Waals surface area contributed by atoms with Crippen LogP contribution >= 0.6 is 0 Å². The van der Waals surface area contributed by atoms with Crippen LogP contribution in [0.2, 0.25) is 0 Å². The minimum atomic E-state index is -0.706. The van der Waals surface area contributed by atoms with Crippen molar-refractivity contribution >= 4 is 22.5 Å². The van der Waals surface area contributed by atoms with Crippen molar-refractivity contribution in [1.82, 2.24) is 4.98 Å². The number of nitrogens with two attached hydrogens (primary N) is 1. The number of ether oxygens (including phenoxy) is 1. The molecule has 5 heteroatoms. The number of fused-ring (bicyclic) bond motifs is 6. The van der Waals surface area contributed by atoms with E-state index in [1.165, 1.54) is 10.9 Å². The molecule has 150 valence electrons. The van der Waals surface area contributed by atoms with E-state index in [9.17, 15) is 4.79 Å². The minimum absolute atomic E-state index is 0.189. The molecule has 2 aliphatic heterocycles. The van der Waals surface area contributed by atoms with Crippen LogP contribution in [0.25, 0.3) is 10.9 Å². The summed E-state index contributed by atoms with van der Waals surface area (Å²) in [5.41, 5.74) is 4.83. The van der Waals surface area contributed by atoms with Crippen LogP contribution in [-0.2, 0) is 16.8 Å². The van der Waals surface area contributed by atoms with Crippen molar-refractivity contribution in [3.8, 4) is 5.75 Å². The first-order valence-corrected chi connectivity index (χ1v) is 10.7. The summed E-state index contributed by atoms with van der Waals surface area (Å²) in [6.07, 6.45) is 4.26. The van der Waals surface area contributed by atoms with Gasteiger partial charge in [0.1, 0.15) is 5.75 Å². The van der Waals surface area contributed by atoms with Crippen molar-refractivity contribution in [1.29, 1.82) is 0 Å². The smallest absolute Gasteiger partial charge is 0.299 e. The van der Waals surface area contributed by atoms with Crippen LogP contribution in [-0.4, -0.2) is 31.1 Å². The zero-order valence-corrected chi connectivity index (χ0v) is 17.1. The van der Waals surface area contributed by atoms with Gasteiger partial charge in [-0.2, -0.15) is 0 Å². The molecule has 3 heterocycles. The van der Waals surface area contributed by atoms with Crippen LogP contribution in [0, 0.1) is 0 Å². The summed E-state index contributed by atoms with van der Waals surface area (Å²) in [5, 5.41) is 3.41. The molecule has 0 unspecified atom stereocenters. The number of nitrogens with zero attached hydrogens (tertiary/aromatic N) is 1. The molecular formula is C24H28N3O2+. The molecule has 1 amide bonds. The van der Waals surface area contributed by atoms with Gasteiger partial charge in [-0.15, -0.1) is 0 Å². The molecule has 5 rings (SSSR count). The molecule has 0 radical (unpaired) electrons. The van der Waals surface area contributed by atoms with Crippen LogP contribution in [0.3, 0.4) is 0 Å². The minimum Gasteiger partial charge on any atom is -0.497 e. The molecule has 29 heavy (non-hydrogen) atoms. The number of para-hydroxylation sites is 1. The average molecular weight is 391 g/mol. The maximum atomic E-state index is 13.9. The molecule has 0 saturated carbocycles. The monoisotopic (exact) mass is 390 g/mol. The lowest BCUT2D eigenvalue weighted by Crippen LogP contribution is -2.99. The Balaban J connectivity index is 1.69. The first-order chi connectivity index (χ1) is 14.2. The van der Waals surface area contributed by atoms with Crippen molar-refractivity contribution in [2.45, 2.75) is 38.1 Å². The molecule has 3 N–H and O–H groups in total. The third-order valence-electron chi connectivity index (χ3n) is 6.54. The fourth-order valence-electron chi connectivity index (χ4n) is 5.15. The number of carbonyl (C=O) groups excluding carboxylic acids is 1. The Labute approximate surface area is 171 Å². The molecule has 2 aliphatic rings. The van der Waals surface area contributed by atoms with Gasteiger partial charge in [0.2, 0.25) is 5.54 Å². The van der Waals surface area contributed by atoms with E-state index in [2.05, 4.69) is 47.6 Å². The quantitative estimate of drug-likeness (QED) is 0.658. The Bertz CT molecular complexity index is 1090. The molecule has 3 aromatic rings. The largest absolute Gasteiger partial charge is 0.497 e. The number of hydrogen-bond donors (Lipinski definition) is 2. The highest BCUT2D eigenvalue weighted by atomic mass is 16.5. The second-order valence-electron chi connectivity index (χ2n) is 8.12. The number of anilines is 1. The number of quaternary nitrogens is 1. The maximum absolute atomic E-state index is 13.9. The molecule has 5 nitrogen and oxygen atoms in total. The van der Waals surface area contributed by atoms with Gasteiger partial charge in [-0.25, -0.2) is 0 Å². The summed E-state index contributed by atoms with van der Waals surface area (Å²) < 4.78 is 5.45. The van der Waals surface area contributed by atoms with E-state index in [1.807, 2.05) is 17.0 Å². The predicted octanol–water partition coefficient (Wildman–Crippen LogP) is 3.08. The third kappa shape index (κ3) is 2.53. The molecule has 0 aliphatic carbocycles. The summed E-state index contributed by atoms with van der Waals surface area (Å²) in [6, 6.07) is 14.4. The van der Waals surface area contributed by atoms with E-state index in [-0.39, 0.29) is 5.91 Å². The summed E-state index contributed by atoms with van der Waals surface area (Å²) in [7, 11) is 1.69. The van der Waals surface area contributed by atoms with Gasteiger partial charge in [-0.1, -0.05) is 31.9 Å². The lowest BCUT2D eigenvalue weighted by Gasteiger charge is -2.30. The molecule has 2 aromatic carbocycles. The van der Waals surface area contributed by atoms with Gasteiger partial charge in [0, 0.05) is 23.9 Å². The number of benzene rings is 2. The second-order valence-corrected chi connectivity index (χ2v) is 8.12. The number of aromatic nitrogens is 1. The van der Waals surface area contributed by atoms with Crippen LogP contribution in [0.5, 0.6) is 5.75 Å². The molecule has 1 aromatic heterocycles. The fourth-order valence-corrected chi connectivity index (χ4v) is 5.15. The lowest BCUT2D eigenvalue weighted by molar-refractivity contribution is -0.714. The SMILES string of the molecule is CCCCCN1C(=O)[C@]2([NH2+]CCc3c2[nH]c2ccc(OC)cc32)c2ccccc21. The zero-order valence-electron chi connectivity index (χ0n) is 17.1. The molecule has 1 spiro atoms. The highest BCUT2D eigenvalue weighted by Crippen LogP contribution is 2.45. The predicted molar refractivity (Wildman–Crippen MR) is 114 cm³/mol. The number of nitrogens with one attached hydrogen (secondary N) is 1. The van der Waals surface area contributed by atoms with Crippen molar-refractivity contribution in [3.63, 3.8) is 0 Å². The van der Waals surface area contributed by atoms with Gasteiger partial charge in [0.05, 0.1) is 30.6 Å². The van der Waals surface area contributed by atoms with Crippen molar-refractivity contribution in [3.05, 3.63) is 59.3 Å². The van der Waals surface area contributed by atoms with E-state index in [1.54, 1.807) is 7.11 Å². The Kier molecular flexibility index (Phi) is 4.36. The van der Waals surface area contributed by atoms with Crippen LogP contribution in [0.15, 0.2) is 42.5 Å². The molecule has 0 bridgehead atoms. The summed E-state index contributed by atoms with van der Waals surface area (Å²) in [6.45, 7) is 3.86. The number of aromatic amines is 1. The van der Waals surface area contributed by atoms with Gasteiger partial charge < -0.3 is 19.9 Å². The number of methoxy groups -OCH3 is 1. The van der Waals surface area contributed by atoms with Gasteiger partial charge in [-0.3, -0.25) is 4.79 Å². The first kappa shape index (κ1) is 18.3. The summed E-state index contributed by atoms with van der Waals surface area (Å²) in [4.78, 5) is 19.6. The average Bonchev–Trinajstić information content (AvgIpc) is 3.24. The maximum Gasteiger partial charge on any atom is 0.299 e. The van der Waals surface area contributed by atoms with Gasteiger partial charge in [0.25, 0.3) is 5.91 Å². The van der Waals surface area contributed by atoms with Crippen molar-refractivity contribution in [2.24, 2.45) is 0 Å². The number of rotatable bonds is 5. The highest BCUT2D eigenvalue weighted by Gasteiger charge is 2.58. The van der Waals surface area contributed by atoms with Crippen molar-refractivity contribution < 1.29 is 14.8 Å². The van der Waals surface area contributed by atoms with Gasteiger partial charge in [-0.05, 0) is 42.3 Å². The number of carbonyl (C=O) groups is 1. The van der Waals surface area contributed by atoms with E-state index >= 15 is 0 Å². The van der Waals surface area contributed by atoms with Gasteiger partial charge in [0.15, 0.2) is 0 Å². The Morgan fingerprint density at radius 2 is 2.07 bits per heavy atom. The van der Waals surface area contributed by atoms with Crippen LogP contribution < -0.4 is 15.0 Å². The zero-order chi connectivity index (χ0) is 20.0. The molecular weight excluding hydrogens is 362 g/mol. The van der Waals surface area contributed by atoms with E-state index < -0.39 is 5.54 Å². The fraction of sp³-hybridized carbons (Fsp3) is 0.375.